The van der Waals surface area contributed by atoms with E-state index < -0.39 is 33.1 Å². The Morgan fingerprint density at radius 1 is 1.11 bits per heavy atom. The molecule has 28 heavy (non-hydrogen) atoms. The molecule has 0 saturated carbocycles. The van der Waals surface area contributed by atoms with E-state index in [1.807, 2.05) is 0 Å². The van der Waals surface area contributed by atoms with E-state index in [0.717, 1.165) is 12.1 Å². The quantitative estimate of drug-likeness (QED) is 0.300. The minimum absolute atomic E-state index is 0.112. The van der Waals surface area contributed by atoms with E-state index in [2.05, 4.69) is 5.28 Å². The van der Waals surface area contributed by atoms with Crippen molar-refractivity contribution in [1.82, 2.24) is 9.91 Å². The summed E-state index contributed by atoms with van der Waals surface area (Å²) in [4.78, 5) is 38.4. The molecule has 0 aromatic heterocycles. The lowest BCUT2D eigenvalue weighted by atomic mass is 10.1. The predicted octanol–water partition coefficient (Wildman–Crippen LogP) is 1.76. The van der Waals surface area contributed by atoms with Crippen LogP contribution in [-0.4, -0.2) is 63.6 Å². The molecule has 0 bridgehead atoms. The molecule has 0 N–H and O–H groups in total. The topological polar surface area (TPSA) is 167 Å². The monoisotopic (exact) mass is 398 g/mol. The average Bonchev–Trinajstić information content (AvgIpc) is 2.65. The van der Waals surface area contributed by atoms with Crippen LogP contribution in [0.4, 0.5) is 16.2 Å². The van der Waals surface area contributed by atoms with Crippen LogP contribution < -0.4 is 4.84 Å². The molecule has 1 amide bonds. The second-order valence-corrected chi connectivity index (χ2v) is 5.69. The number of rotatable bonds is 6. The number of carbonyl (C=O) groups is 1. The second-order valence-electron chi connectivity index (χ2n) is 5.69. The normalized spacial score (nSPS) is 14.6. The van der Waals surface area contributed by atoms with Crippen molar-refractivity contribution >= 4 is 17.5 Å². The van der Waals surface area contributed by atoms with Crippen molar-refractivity contribution in [2.45, 2.75) is 13.8 Å². The number of nitrogens with zero attached hydrogens (tertiary/aromatic N) is 6. The molecule has 1 aliphatic heterocycles. The SMILES string of the molecule is CCOC(=O)N1CCN(/[N+]([O-])=N/Oc2cc(C)c([N+](=O)[O-])cc2[N+](=O)[O-])CC1. The summed E-state index contributed by atoms with van der Waals surface area (Å²) >= 11 is 0. The standard InChI is InChI=1S/C14H18N6O8/c1-3-27-14(21)16-4-6-17(7-5-16)20(26)15-28-13-8-10(2)11(18(22)23)9-12(13)19(24)25/h8-9H,3-7H2,1-2H3/b20-15-. The molecule has 1 aliphatic rings. The molecule has 152 valence electrons. The first-order valence-corrected chi connectivity index (χ1v) is 8.19. The predicted molar refractivity (Wildman–Crippen MR) is 91.3 cm³/mol. The number of ether oxygens (including phenoxy) is 1. The number of benzene rings is 1. The first-order chi connectivity index (χ1) is 13.2. The summed E-state index contributed by atoms with van der Waals surface area (Å²) in [6.07, 6.45) is -0.482. The number of aryl methyl sites for hydroxylation is 1. The zero-order valence-electron chi connectivity index (χ0n) is 15.1. The molecular formula is C14H18N6O8. The maximum Gasteiger partial charge on any atom is 0.409 e. The lowest BCUT2D eigenvalue weighted by Crippen LogP contribution is -2.50. The Labute approximate surface area is 158 Å². The molecule has 14 heteroatoms. The van der Waals surface area contributed by atoms with Gasteiger partial charge in [-0.3, -0.25) is 25.1 Å². The smallest absolute Gasteiger partial charge is 0.409 e. The minimum Gasteiger partial charge on any atom is -0.569 e. The molecule has 14 nitrogen and oxygen atoms in total. The van der Waals surface area contributed by atoms with Gasteiger partial charge in [0.05, 0.1) is 40.6 Å². The van der Waals surface area contributed by atoms with Crippen LogP contribution in [0.2, 0.25) is 0 Å². The van der Waals surface area contributed by atoms with E-state index in [4.69, 9.17) is 9.57 Å². The van der Waals surface area contributed by atoms with E-state index in [9.17, 15) is 30.2 Å². The molecule has 1 fully saturated rings. The van der Waals surface area contributed by atoms with Gasteiger partial charge in [0, 0.05) is 24.7 Å². The summed E-state index contributed by atoms with van der Waals surface area (Å²) in [5.41, 5.74) is -1.03. The van der Waals surface area contributed by atoms with Crippen LogP contribution in [0.25, 0.3) is 0 Å². The van der Waals surface area contributed by atoms with E-state index in [1.54, 1.807) is 6.92 Å². The largest absolute Gasteiger partial charge is 0.569 e. The number of hydrazine groups is 1. The molecule has 0 spiro atoms. The molecule has 1 saturated heterocycles. The zero-order valence-corrected chi connectivity index (χ0v) is 15.1. The van der Waals surface area contributed by atoms with Gasteiger partial charge < -0.3 is 14.8 Å². The van der Waals surface area contributed by atoms with E-state index in [-0.39, 0.29) is 43.3 Å². The van der Waals surface area contributed by atoms with Crippen LogP contribution >= 0.6 is 0 Å². The maximum atomic E-state index is 12.1. The molecule has 0 radical (unpaired) electrons. The van der Waals surface area contributed by atoms with Gasteiger partial charge in [-0.15, -0.1) is 5.01 Å². The van der Waals surface area contributed by atoms with Gasteiger partial charge in [0.25, 0.3) is 5.69 Å². The van der Waals surface area contributed by atoms with Gasteiger partial charge in [-0.2, -0.15) is 0 Å². The first kappa shape index (κ1) is 20.6. The Kier molecular flexibility index (Phi) is 6.46. The van der Waals surface area contributed by atoms with Crippen molar-refractivity contribution in [2.75, 3.05) is 32.8 Å². The fourth-order valence-electron chi connectivity index (χ4n) is 2.47. The molecular weight excluding hydrogens is 380 g/mol. The van der Waals surface area contributed by atoms with Crippen LogP contribution in [0, 0.1) is 32.4 Å². The Hall–Kier alpha value is -3.71. The van der Waals surface area contributed by atoms with Crippen LogP contribution in [0.3, 0.4) is 0 Å². The van der Waals surface area contributed by atoms with Crippen molar-refractivity contribution in [3.05, 3.63) is 43.1 Å². The fraction of sp³-hybridized carbons (Fsp3) is 0.500. The van der Waals surface area contributed by atoms with Gasteiger partial charge in [-0.25, -0.2) is 4.79 Å². The van der Waals surface area contributed by atoms with Crippen molar-refractivity contribution < 1.29 is 29.2 Å². The second kappa shape index (κ2) is 8.79. The van der Waals surface area contributed by atoms with Crippen molar-refractivity contribution in [1.29, 1.82) is 0 Å². The summed E-state index contributed by atoms with van der Waals surface area (Å²) in [5, 5.41) is 38.6. The number of hydrogen-bond acceptors (Lipinski definition) is 9. The highest BCUT2D eigenvalue weighted by atomic mass is 16.7. The molecule has 2 rings (SSSR count). The van der Waals surface area contributed by atoms with Crippen molar-refractivity contribution in [3.8, 4) is 5.75 Å². The third-order valence-corrected chi connectivity index (χ3v) is 3.90. The van der Waals surface area contributed by atoms with Crippen LogP contribution in [0.5, 0.6) is 5.75 Å². The summed E-state index contributed by atoms with van der Waals surface area (Å²) in [6, 6.07) is 1.81. The van der Waals surface area contributed by atoms with Crippen molar-refractivity contribution in [3.63, 3.8) is 0 Å². The van der Waals surface area contributed by atoms with Crippen molar-refractivity contribution in [2.24, 2.45) is 5.28 Å². The number of nitro groups is 2. The molecule has 0 aliphatic carbocycles. The van der Waals surface area contributed by atoms with Crippen LogP contribution in [0.15, 0.2) is 17.4 Å². The number of hydrogen-bond donors (Lipinski definition) is 0. The average molecular weight is 398 g/mol. The number of carbonyl (C=O) groups excluding carboxylic acids is 1. The molecule has 0 unspecified atom stereocenters. The maximum absolute atomic E-state index is 12.1. The number of piperazine rings is 1. The highest BCUT2D eigenvalue weighted by Crippen LogP contribution is 2.34. The Balaban J connectivity index is 2.09. The Morgan fingerprint density at radius 2 is 1.71 bits per heavy atom. The van der Waals surface area contributed by atoms with Gasteiger partial charge in [-0.1, -0.05) is 0 Å². The molecule has 1 aromatic rings. The van der Waals surface area contributed by atoms with Crippen LogP contribution in [-0.2, 0) is 4.74 Å². The van der Waals surface area contributed by atoms with Gasteiger partial charge in [0.15, 0.2) is 0 Å². The molecule has 0 atom stereocenters. The highest BCUT2D eigenvalue weighted by Gasteiger charge is 2.28. The third-order valence-electron chi connectivity index (χ3n) is 3.90. The van der Waals surface area contributed by atoms with Crippen LogP contribution in [0.1, 0.15) is 12.5 Å². The molecule has 1 heterocycles. The molecule has 1 aromatic carbocycles. The van der Waals surface area contributed by atoms with Gasteiger partial charge in [0.2, 0.25) is 11.0 Å². The highest BCUT2D eigenvalue weighted by molar-refractivity contribution is 5.67. The summed E-state index contributed by atoms with van der Waals surface area (Å²) < 4.78 is 4.87. The van der Waals surface area contributed by atoms with Gasteiger partial charge in [0.1, 0.15) is 0 Å². The Bertz CT molecular complexity index is 805. The summed E-state index contributed by atoms with van der Waals surface area (Å²) in [7, 11) is 0. The zero-order chi connectivity index (χ0) is 20.8. The number of nitro benzene ring substituents is 2. The van der Waals surface area contributed by atoms with E-state index in [1.165, 1.54) is 16.8 Å². The fourth-order valence-corrected chi connectivity index (χ4v) is 2.47. The minimum atomic E-state index is -0.870. The van der Waals surface area contributed by atoms with E-state index in [0.29, 0.717) is 0 Å². The van der Waals surface area contributed by atoms with Gasteiger partial charge >= 0.3 is 11.8 Å². The lowest BCUT2D eigenvalue weighted by Gasteiger charge is -2.30. The Morgan fingerprint density at radius 3 is 2.25 bits per heavy atom. The summed E-state index contributed by atoms with van der Waals surface area (Å²) in [6.45, 7) is 4.05. The van der Waals surface area contributed by atoms with E-state index >= 15 is 0 Å². The third kappa shape index (κ3) is 4.72. The number of amides is 1. The van der Waals surface area contributed by atoms with Gasteiger partial charge in [-0.05, 0) is 13.8 Å². The summed E-state index contributed by atoms with van der Waals surface area (Å²) in [5.74, 6) is -0.404. The first-order valence-electron chi connectivity index (χ1n) is 8.19. The lowest BCUT2D eigenvalue weighted by molar-refractivity contribution is -0.708.